The summed E-state index contributed by atoms with van der Waals surface area (Å²) < 4.78 is 0. The van der Waals surface area contributed by atoms with Crippen molar-refractivity contribution in [2.45, 2.75) is 20.8 Å². The molecule has 0 saturated carbocycles. The van der Waals surface area contributed by atoms with Crippen molar-refractivity contribution in [3.05, 3.63) is 70.3 Å². The van der Waals surface area contributed by atoms with E-state index in [0.29, 0.717) is 0 Å². The van der Waals surface area contributed by atoms with Gasteiger partial charge in [-0.05, 0) is 44.0 Å². The SMILES string of the molecule is Cc1ccc(C#N)c(C)c1.Cc1ccccc1C#N. The summed E-state index contributed by atoms with van der Waals surface area (Å²) in [5.41, 5.74) is 4.84. The molecule has 2 aromatic carbocycles. The van der Waals surface area contributed by atoms with Crippen LogP contribution in [0.5, 0.6) is 0 Å². The number of nitrogens with zero attached hydrogens (tertiary/aromatic N) is 2. The van der Waals surface area contributed by atoms with Gasteiger partial charge in [0.2, 0.25) is 0 Å². The first kappa shape index (κ1) is 14.5. The summed E-state index contributed by atoms with van der Waals surface area (Å²) in [7, 11) is 0. The van der Waals surface area contributed by atoms with E-state index in [1.165, 1.54) is 5.56 Å². The summed E-state index contributed by atoms with van der Waals surface area (Å²) in [4.78, 5) is 0. The Kier molecular flexibility index (Phi) is 5.33. The molecule has 2 aromatic rings. The smallest absolute Gasteiger partial charge is 0.0994 e. The van der Waals surface area contributed by atoms with Crippen molar-refractivity contribution in [3.63, 3.8) is 0 Å². The van der Waals surface area contributed by atoms with Crippen LogP contribution in [0.4, 0.5) is 0 Å². The van der Waals surface area contributed by atoms with Gasteiger partial charge in [0.1, 0.15) is 0 Å². The average molecular weight is 248 g/mol. The maximum Gasteiger partial charge on any atom is 0.0994 e. The van der Waals surface area contributed by atoms with Crippen LogP contribution in [0.1, 0.15) is 27.8 Å². The molecule has 0 unspecified atom stereocenters. The zero-order valence-electron chi connectivity index (χ0n) is 11.4. The largest absolute Gasteiger partial charge is 0.192 e. The third-order valence-corrected chi connectivity index (χ3v) is 2.77. The summed E-state index contributed by atoms with van der Waals surface area (Å²) >= 11 is 0. The van der Waals surface area contributed by atoms with Gasteiger partial charge in [-0.1, -0.05) is 35.9 Å². The molecule has 19 heavy (non-hydrogen) atoms. The van der Waals surface area contributed by atoms with Crippen LogP contribution in [0.15, 0.2) is 42.5 Å². The molecule has 0 spiro atoms. The Labute approximate surface area is 114 Å². The monoisotopic (exact) mass is 248 g/mol. The predicted octanol–water partition coefficient (Wildman–Crippen LogP) is 4.04. The lowest BCUT2D eigenvalue weighted by Crippen LogP contribution is -1.81. The van der Waals surface area contributed by atoms with E-state index >= 15 is 0 Å². The van der Waals surface area contributed by atoms with E-state index in [1.807, 2.05) is 63.2 Å². The highest BCUT2D eigenvalue weighted by molar-refractivity contribution is 5.38. The number of hydrogen-bond donors (Lipinski definition) is 0. The van der Waals surface area contributed by atoms with Crippen LogP contribution in [0.3, 0.4) is 0 Å². The second kappa shape index (κ2) is 6.99. The van der Waals surface area contributed by atoms with Crippen molar-refractivity contribution in [3.8, 4) is 12.1 Å². The van der Waals surface area contributed by atoms with E-state index in [2.05, 4.69) is 12.1 Å². The number of rotatable bonds is 0. The summed E-state index contributed by atoms with van der Waals surface area (Å²) in [5.74, 6) is 0. The van der Waals surface area contributed by atoms with Gasteiger partial charge in [-0.25, -0.2) is 0 Å². The molecule has 2 rings (SSSR count). The van der Waals surface area contributed by atoms with Crippen LogP contribution in [0, 0.1) is 43.4 Å². The van der Waals surface area contributed by atoms with Crippen molar-refractivity contribution in [2.75, 3.05) is 0 Å². The highest BCUT2D eigenvalue weighted by Gasteiger charge is 1.94. The van der Waals surface area contributed by atoms with E-state index in [1.54, 1.807) is 0 Å². The number of hydrogen-bond acceptors (Lipinski definition) is 2. The lowest BCUT2D eigenvalue weighted by atomic mass is 10.1. The molecule has 0 heterocycles. The Morgan fingerprint density at radius 2 is 1.32 bits per heavy atom. The molecule has 0 N–H and O–H groups in total. The van der Waals surface area contributed by atoms with E-state index in [4.69, 9.17) is 10.5 Å². The lowest BCUT2D eigenvalue weighted by Gasteiger charge is -1.96. The number of aryl methyl sites for hydroxylation is 3. The van der Waals surface area contributed by atoms with Gasteiger partial charge >= 0.3 is 0 Å². The van der Waals surface area contributed by atoms with Crippen molar-refractivity contribution in [2.24, 2.45) is 0 Å². The van der Waals surface area contributed by atoms with Crippen molar-refractivity contribution in [1.29, 1.82) is 10.5 Å². The van der Waals surface area contributed by atoms with Crippen LogP contribution in [0.2, 0.25) is 0 Å². The van der Waals surface area contributed by atoms with E-state index in [9.17, 15) is 0 Å². The van der Waals surface area contributed by atoms with Gasteiger partial charge in [0.15, 0.2) is 0 Å². The minimum atomic E-state index is 0.762. The van der Waals surface area contributed by atoms with Gasteiger partial charge in [-0.2, -0.15) is 10.5 Å². The van der Waals surface area contributed by atoms with E-state index in [0.717, 1.165) is 22.3 Å². The predicted molar refractivity (Wildman–Crippen MR) is 76.5 cm³/mol. The van der Waals surface area contributed by atoms with E-state index < -0.39 is 0 Å². The topological polar surface area (TPSA) is 47.6 Å². The molecule has 0 amide bonds. The molecule has 0 bridgehead atoms. The molecule has 2 heteroatoms. The van der Waals surface area contributed by atoms with Gasteiger partial charge < -0.3 is 0 Å². The maximum absolute atomic E-state index is 8.56. The van der Waals surface area contributed by atoms with Crippen molar-refractivity contribution >= 4 is 0 Å². The summed E-state index contributed by atoms with van der Waals surface area (Å²) in [6.45, 7) is 5.90. The molecular weight excluding hydrogens is 232 g/mol. The fourth-order valence-electron chi connectivity index (χ4n) is 1.64. The highest BCUT2D eigenvalue weighted by atomic mass is 14.2. The van der Waals surface area contributed by atoms with Crippen LogP contribution in [-0.4, -0.2) is 0 Å². The fraction of sp³-hybridized carbons (Fsp3) is 0.176. The molecule has 0 aromatic heterocycles. The number of benzene rings is 2. The van der Waals surface area contributed by atoms with Crippen LogP contribution in [0.25, 0.3) is 0 Å². The summed E-state index contributed by atoms with van der Waals surface area (Å²) in [6.07, 6.45) is 0. The molecule has 0 aliphatic heterocycles. The molecule has 0 aliphatic carbocycles. The zero-order chi connectivity index (χ0) is 14.3. The van der Waals surface area contributed by atoms with Crippen LogP contribution < -0.4 is 0 Å². The summed E-state index contributed by atoms with van der Waals surface area (Å²) in [5, 5.41) is 17.0. The third kappa shape index (κ3) is 4.30. The van der Waals surface area contributed by atoms with Crippen molar-refractivity contribution in [1.82, 2.24) is 0 Å². The molecule has 0 aliphatic rings. The Bertz CT molecular complexity index is 643. The molecule has 0 atom stereocenters. The second-order valence-electron chi connectivity index (χ2n) is 4.36. The first-order chi connectivity index (χ1) is 9.08. The Balaban J connectivity index is 0.000000191. The minimum Gasteiger partial charge on any atom is -0.192 e. The number of nitriles is 2. The molecule has 2 nitrogen and oxygen atoms in total. The first-order valence-corrected chi connectivity index (χ1v) is 6.01. The standard InChI is InChI=1S/C9H9N.C8H7N/c1-7-3-4-9(6-10)8(2)5-7;1-7-4-2-3-5-8(7)6-9/h3-5H,1-2H3;2-5H,1H3. The zero-order valence-corrected chi connectivity index (χ0v) is 11.4. The average Bonchev–Trinajstić information content (AvgIpc) is 2.40. The van der Waals surface area contributed by atoms with Crippen molar-refractivity contribution < 1.29 is 0 Å². The molecular formula is C17H16N2. The van der Waals surface area contributed by atoms with Gasteiger partial charge in [0.25, 0.3) is 0 Å². The normalized spacial score (nSPS) is 8.68. The fourth-order valence-corrected chi connectivity index (χ4v) is 1.64. The Morgan fingerprint density at radius 1 is 0.737 bits per heavy atom. The Hall–Kier alpha value is -2.58. The third-order valence-electron chi connectivity index (χ3n) is 2.77. The summed E-state index contributed by atoms with van der Waals surface area (Å²) in [6, 6.07) is 17.6. The Morgan fingerprint density at radius 3 is 1.79 bits per heavy atom. The van der Waals surface area contributed by atoms with Crippen LogP contribution >= 0.6 is 0 Å². The van der Waals surface area contributed by atoms with Gasteiger partial charge in [0.05, 0.1) is 23.3 Å². The minimum absolute atomic E-state index is 0.762. The molecule has 0 fully saturated rings. The van der Waals surface area contributed by atoms with Crippen LogP contribution in [-0.2, 0) is 0 Å². The quantitative estimate of drug-likeness (QED) is 0.706. The van der Waals surface area contributed by atoms with Gasteiger partial charge in [-0.15, -0.1) is 0 Å². The molecule has 0 saturated heterocycles. The second-order valence-corrected chi connectivity index (χ2v) is 4.36. The van der Waals surface area contributed by atoms with Gasteiger partial charge in [0, 0.05) is 0 Å². The lowest BCUT2D eigenvalue weighted by molar-refractivity contribution is 1.34. The van der Waals surface area contributed by atoms with E-state index in [-0.39, 0.29) is 0 Å². The molecule has 94 valence electrons. The first-order valence-electron chi connectivity index (χ1n) is 6.01. The highest BCUT2D eigenvalue weighted by Crippen LogP contribution is 2.08. The molecule has 0 radical (unpaired) electrons. The van der Waals surface area contributed by atoms with Gasteiger partial charge in [-0.3, -0.25) is 0 Å². The maximum atomic E-state index is 8.56.